The van der Waals surface area contributed by atoms with Gasteiger partial charge in [-0.2, -0.15) is 0 Å². The first kappa shape index (κ1) is 24.0. The second-order valence-electron chi connectivity index (χ2n) is 7.64. The molecule has 1 amide bonds. The maximum Gasteiger partial charge on any atom is 0.260 e. The second kappa shape index (κ2) is 11.3. The molecule has 0 aliphatic carbocycles. The van der Waals surface area contributed by atoms with E-state index < -0.39 is 0 Å². The standard InChI is InChI=1S/C24H30ClNO6/c1-16-10-18(25)7-8-20(16)32-15-23(27)26(14-19-6-5-9-31-19)13-17-11-21(28-2)24(30-4)22(12-17)29-3/h7-8,10-12,19H,5-6,9,13-15H2,1-4H3. The molecular formula is C24H30ClNO6. The van der Waals surface area contributed by atoms with Crippen molar-refractivity contribution >= 4 is 17.5 Å². The summed E-state index contributed by atoms with van der Waals surface area (Å²) in [5.41, 5.74) is 1.73. The molecule has 0 aromatic heterocycles. The lowest BCUT2D eigenvalue weighted by Gasteiger charge is -2.26. The van der Waals surface area contributed by atoms with Crippen molar-refractivity contribution in [2.45, 2.75) is 32.4 Å². The molecule has 32 heavy (non-hydrogen) atoms. The van der Waals surface area contributed by atoms with Gasteiger partial charge in [0.15, 0.2) is 18.1 Å². The molecule has 0 spiro atoms. The molecule has 3 rings (SSSR count). The molecule has 0 N–H and O–H groups in total. The largest absolute Gasteiger partial charge is 0.493 e. The Hall–Kier alpha value is -2.64. The Morgan fingerprint density at radius 3 is 2.38 bits per heavy atom. The fraction of sp³-hybridized carbons (Fsp3) is 0.458. The molecule has 7 nitrogen and oxygen atoms in total. The third-order valence-corrected chi connectivity index (χ3v) is 5.62. The number of hydrogen-bond acceptors (Lipinski definition) is 6. The summed E-state index contributed by atoms with van der Waals surface area (Å²) in [4.78, 5) is 14.9. The van der Waals surface area contributed by atoms with E-state index >= 15 is 0 Å². The van der Waals surface area contributed by atoms with Gasteiger partial charge in [0.05, 0.1) is 27.4 Å². The Morgan fingerprint density at radius 1 is 1.09 bits per heavy atom. The highest BCUT2D eigenvalue weighted by atomic mass is 35.5. The van der Waals surface area contributed by atoms with Crippen LogP contribution in [0.1, 0.15) is 24.0 Å². The number of nitrogens with zero attached hydrogens (tertiary/aromatic N) is 1. The van der Waals surface area contributed by atoms with Crippen molar-refractivity contribution in [2.24, 2.45) is 0 Å². The van der Waals surface area contributed by atoms with Crippen LogP contribution in [0.25, 0.3) is 0 Å². The van der Waals surface area contributed by atoms with E-state index in [-0.39, 0.29) is 18.6 Å². The summed E-state index contributed by atoms with van der Waals surface area (Å²) in [6.45, 7) is 3.37. The lowest BCUT2D eigenvalue weighted by Crippen LogP contribution is -2.39. The molecule has 1 saturated heterocycles. The first-order valence-electron chi connectivity index (χ1n) is 10.5. The van der Waals surface area contributed by atoms with Crippen LogP contribution in [0.3, 0.4) is 0 Å². The molecule has 1 heterocycles. The minimum atomic E-state index is -0.136. The van der Waals surface area contributed by atoms with Crippen LogP contribution in [0.5, 0.6) is 23.0 Å². The molecule has 1 aliphatic heterocycles. The van der Waals surface area contributed by atoms with Crippen LogP contribution in [-0.2, 0) is 16.1 Å². The van der Waals surface area contributed by atoms with Crippen molar-refractivity contribution in [3.8, 4) is 23.0 Å². The Morgan fingerprint density at radius 2 is 1.81 bits per heavy atom. The van der Waals surface area contributed by atoms with Crippen molar-refractivity contribution in [3.63, 3.8) is 0 Å². The maximum absolute atomic E-state index is 13.2. The monoisotopic (exact) mass is 463 g/mol. The van der Waals surface area contributed by atoms with Crippen molar-refractivity contribution in [2.75, 3.05) is 41.1 Å². The predicted molar refractivity (Wildman–Crippen MR) is 122 cm³/mol. The molecule has 2 aromatic carbocycles. The van der Waals surface area contributed by atoms with Crippen molar-refractivity contribution in [3.05, 3.63) is 46.5 Å². The Kier molecular flexibility index (Phi) is 8.47. The number of amides is 1. The SMILES string of the molecule is COc1cc(CN(CC2CCCO2)C(=O)COc2ccc(Cl)cc2C)cc(OC)c1OC. The molecule has 0 bridgehead atoms. The zero-order chi connectivity index (χ0) is 23.1. The van der Waals surface area contributed by atoms with Crippen LogP contribution in [0.2, 0.25) is 5.02 Å². The topological polar surface area (TPSA) is 66.5 Å². The van der Waals surface area contributed by atoms with Crippen molar-refractivity contribution in [1.29, 1.82) is 0 Å². The third-order valence-electron chi connectivity index (χ3n) is 5.39. The molecule has 0 radical (unpaired) electrons. The molecule has 1 unspecified atom stereocenters. The molecule has 0 saturated carbocycles. The van der Waals surface area contributed by atoms with Gasteiger partial charge in [-0.3, -0.25) is 4.79 Å². The first-order valence-corrected chi connectivity index (χ1v) is 10.9. The molecule has 2 aromatic rings. The number of aryl methyl sites for hydroxylation is 1. The van der Waals surface area contributed by atoms with E-state index in [9.17, 15) is 4.79 Å². The molecule has 1 fully saturated rings. The fourth-order valence-electron chi connectivity index (χ4n) is 3.74. The van der Waals surface area contributed by atoms with Gasteiger partial charge in [-0.25, -0.2) is 0 Å². The number of benzene rings is 2. The van der Waals surface area contributed by atoms with Crippen LogP contribution in [0.4, 0.5) is 0 Å². The van der Waals surface area contributed by atoms with E-state index in [4.69, 9.17) is 35.3 Å². The quantitative estimate of drug-likeness (QED) is 0.524. The van der Waals surface area contributed by atoms with E-state index in [0.717, 1.165) is 30.6 Å². The lowest BCUT2D eigenvalue weighted by molar-refractivity contribution is -0.135. The lowest BCUT2D eigenvalue weighted by atomic mass is 10.1. The van der Waals surface area contributed by atoms with E-state index in [1.165, 1.54) is 0 Å². The van der Waals surface area contributed by atoms with Crippen LogP contribution in [-0.4, -0.2) is 58.0 Å². The molecule has 1 aliphatic rings. The van der Waals surface area contributed by atoms with Gasteiger partial charge in [-0.05, 0) is 61.2 Å². The van der Waals surface area contributed by atoms with Gasteiger partial charge in [0.2, 0.25) is 5.75 Å². The summed E-state index contributed by atoms with van der Waals surface area (Å²) in [6.07, 6.45) is 1.94. The van der Waals surface area contributed by atoms with E-state index in [2.05, 4.69) is 0 Å². The number of ether oxygens (including phenoxy) is 5. The van der Waals surface area contributed by atoms with Crippen LogP contribution >= 0.6 is 11.6 Å². The van der Waals surface area contributed by atoms with Gasteiger partial charge in [0, 0.05) is 24.7 Å². The minimum absolute atomic E-state index is 0.0123. The zero-order valence-corrected chi connectivity index (χ0v) is 19.7. The van der Waals surface area contributed by atoms with Crippen molar-refractivity contribution < 1.29 is 28.5 Å². The van der Waals surface area contributed by atoms with E-state index in [1.54, 1.807) is 44.4 Å². The molecular weight excluding hydrogens is 434 g/mol. The highest BCUT2D eigenvalue weighted by molar-refractivity contribution is 6.30. The average molecular weight is 464 g/mol. The maximum atomic E-state index is 13.2. The van der Waals surface area contributed by atoms with Gasteiger partial charge >= 0.3 is 0 Å². The number of rotatable bonds is 10. The Labute approximate surface area is 194 Å². The van der Waals surface area contributed by atoms with E-state index in [1.807, 2.05) is 19.1 Å². The Balaban J connectivity index is 1.78. The summed E-state index contributed by atoms with van der Waals surface area (Å²) in [5.74, 6) is 2.09. The highest BCUT2D eigenvalue weighted by Gasteiger charge is 2.24. The summed E-state index contributed by atoms with van der Waals surface area (Å²) in [5, 5.41) is 0.628. The zero-order valence-electron chi connectivity index (χ0n) is 19.0. The summed E-state index contributed by atoms with van der Waals surface area (Å²) in [7, 11) is 4.70. The van der Waals surface area contributed by atoms with Gasteiger partial charge in [-0.1, -0.05) is 11.6 Å². The molecule has 174 valence electrons. The predicted octanol–water partition coefficient (Wildman–Crippen LogP) is 4.26. The second-order valence-corrected chi connectivity index (χ2v) is 8.08. The minimum Gasteiger partial charge on any atom is -0.493 e. The average Bonchev–Trinajstić information content (AvgIpc) is 3.30. The first-order chi connectivity index (χ1) is 15.4. The van der Waals surface area contributed by atoms with Gasteiger partial charge < -0.3 is 28.6 Å². The number of carbonyl (C=O) groups is 1. The number of methoxy groups -OCH3 is 3. The van der Waals surface area contributed by atoms with E-state index in [0.29, 0.717) is 41.1 Å². The van der Waals surface area contributed by atoms with Gasteiger partial charge in [0.25, 0.3) is 5.91 Å². The summed E-state index contributed by atoms with van der Waals surface area (Å²) >= 11 is 6.01. The summed E-state index contributed by atoms with van der Waals surface area (Å²) < 4.78 is 27.9. The van der Waals surface area contributed by atoms with Crippen LogP contribution in [0.15, 0.2) is 30.3 Å². The highest BCUT2D eigenvalue weighted by Crippen LogP contribution is 2.38. The molecule has 1 atom stereocenters. The number of carbonyl (C=O) groups excluding carboxylic acids is 1. The smallest absolute Gasteiger partial charge is 0.260 e. The normalized spacial score (nSPS) is 15.3. The summed E-state index contributed by atoms with van der Waals surface area (Å²) in [6, 6.07) is 9.02. The number of halogens is 1. The van der Waals surface area contributed by atoms with Crippen LogP contribution < -0.4 is 18.9 Å². The fourth-order valence-corrected chi connectivity index (χ4v) is 3.97. The van der Waals surface area contributed by atoms with Gasteiger partial charge in [0.1, 0.15) is 5.75 Å². The van der Waals surface area contributed by atoms with Crippen LogP contribution in [0, 0.1) is 6.92 Å². The Bertz CT molecular complexity index is 904. The number of hydrogen-bond donors (Lipinski definition) is 0. The van der Waals surface area contributed by atoms with Crippen molar-refractivity contribution in [1.82, 2.24) is 4.90 Å². The third kappa shape index (κ3) is 5.99. The van der Waals surface area contributed by atoms with Gasteiger partial charge in [-0.15, -0.1) is 0 Å². The molecule has 8 heteroatoms.